The Kier molecular flexibility index (Phi) is 2.97. The molecule has 4 atom stereocenters. The average Bonchev–Trinajstić information content (AvgIpc) is 3.01. The van der Waals surface area contributed by atoms with Gasteiger partial charge in [0.15, 0.2) is 17.0 Å². The van der Waals surface area contributed by atoms with Crippen LogP contribution < -0.4 is 4.90 Å². The zero-order valence-corrected chi connectivity index (χ0v) is 13.0. The summed E-state index contributed by atoms with van der Waals surface area (Å²) in [5.41, 5.74) is 10.1. The minimum absolute atomic E-state index is 0.0580. The SMILES string of the molecule is CN(C)c1ncnc2c1ncn2[C@H]1C[C@H](N=[N+]=[N-])[C@]2(CO)C[C@H]12. The number of azide groups is 1. The monoisotopic (exact) mass is 314 g/mol. The number of fused-ring (bicyclic) bond motifs is 2. The van der Waals surface area contributed by atoms with Gasteiger partial charge in [-0.1, -0.05) is 5.11 Å². The molecule has 9 heteroatoms. The molecule has 4 rings (SSSR count). The maximum Gasteiger partial charge on any atom is 0.165 e. The fourth-order valence-electron chi connectivity index (χ4n) is 4.11. The third-order valence-corrected chi connectivity index (χ3v) is 5.38. The Morgan fingerprint density at radius 2 is 2.30 bits per heavy atom. The maximum atomic E-state index is 9.77. The minimum Gasteiger partial charge on any atom is -0.396 e. The van der Waals surface area contributed by atoms with E-state index in [4.69, 9.17) is 5.53 Å². The molecule has 120 valence electrons. The Balaban J connectivity index is 1.77. The summed E-state index contributed by atoms with van der Waals surface area (Å²) in [7, 11) is 3.84. The number of hydrogen-bond donors (Lipinski definition) is 1. The van der Waals surface area contributed by atoms with Crippen molar-refractivity contribution >= 4 is 17.0 Å². The van der Waals surface area contributed by atoms with Gasteiger partial charge in [0.2, 0.25) is 0 Å². The molecule has 2 aromatic heterocycles. The molecule has 0 bridgehead atoms. The summed E-state index contributed by atoms with van der Waals surface area (Å²) in [5, 5.41) is 13.7. The van der Waals surface area contributed by atoms with E-state index in [9.17, 15) is 5.11 Å². The van der Waals surface area contributed by atoms with Crippen LogP contribution in [0.25, 0.3) is 21.6 Å². The van der Waals surface area contributed by atoms with Crippen LogP contribution >= 0.6 is 0 Å². The lowest BCUT2D eigenvalue weighted by Gasteiger charge is -2.17. The van der Waals surface area contributed by atoms with Crippen molar-refractivity contribution in [2.24, 2.45) is 16.4 Å². The Hall–Kier alpha value is -2.38. The van der Waals surface area contributed by atoms with Gasteiger partial charge < -0.3 is 14.6 Å². The molecule has 1 N–H and O–H groups in total. The summed E-state index contributed by atoms with van der Waals surface area (Å²) < 4.78 is 2.05. The molecule has 0 spiro atoms. The van der Waals surface area contributed by atoms with Crippen molar-refractivity contribution in [1.29, 1.82) is 0 Å². The van der Waals surface area contributed by atoms with Crippen molar-refractivity contribution < 1.29 is 5.11 Å². The lowest BCUT2D eigenvalue weighted by atomic mass is 10.00. The van der Waals surface area contributed by atoms with E-state index in [1.54, 1.807) is 12.7 Å². The van der Waals surface area contributed by atoms with Crippen LogP contribution in [0.4, 0.5) is 5.82 Å². The number of hydrogen-bond acceptors (Lipinski definition) is 6. The van der Waals surface area contributed by atoms with E-state index in [0.717, 1.165) is 23.4 Å². The third kappa shape index (κ3) is 1.83. The van der Waals surface area contributed by atoms with Gasteiger partial charge in [-0.3, -0.25) is 0 Å². The van der Waals surface area contributed by atoms with Crippen LogP contribution in [-0.2, 0) is 0 Å². The van der Waals surface area contributed by atoms with E-state index in [1.807, 2.05) is 19.0 Å². The highest BCUT2D eigenvalue weighted by atomic mass is 16.3. The molecule has 23 heavy (non-hydrogen) atoms. The van der Waals surface area contributed by atoms with Crippen LogP contribution in [0.15, 0.2) is 17.8 Å². The van der Waals surface area contributed by atoms with Crippen molar-refractivity contribution in [3.63, 3.8) is 0 Å². The number of anilines is 1. The van der Waals surface area contributed by atoms with E-state index in [2.05, 4.69) is 29.5 Å². The lowest BCUT2D eigenvalue weighted by Crippen LogP contribution is -2.20. The van der Waals surface area contributed by atoms with E-state index in [-0.39, 0.29) is 24.1 Å². The fraction of sp³-hybridized carbons (Fsp3) is 0.643. The smallest absolute Gasteiger partial charge is 0.165 e. The Morgan fingerprint density at radius 1 is 1.48 bits per heavy atom. The Labute approximate surface area is 132 Å². The molecule has 2 aliphatic carbocycles. The van der Waals surface area contributed by atoms with Crippen molar-refractivity contribution in [1.82, 2.24) is 19.5 Å². The second-order valence-corrected chi connectivity index (χ2v) is 6.64. The van der Waals surface area contributed by atoms with E-state index < -0.39 is 0 Å². The van der Waals surface area contributed by atoms with Gasteiger partial charge in [0.25, 0.3) is 0 Å². The van der Waals surface area contributed by atoms with Gasteiger partial charge in [-0.05, 0) is 24.3 Å². The summed E-state index contributed by atoms with van der Waals surface area (Å²) in [5.74, 6) is 1.08. The zero-order valence-electron chi connectivity index (χ0n) is 13.0. The lowest BCUT2D eigenvalue weighted by molar-refractivity contribution is 0.191. The molecule has 0 saturated heterocycles. The van der Waals surface area contributed by atoms with Gasteiger partial charge in [0.05, 0.1) is 6.33 Å². The quantitative estimate of drug-likeness (QED) is 0.521. The van der Waals surface area contributed by atoms with Gasteiger partial charge >= 0.3 is 0 Å². The van der Waals surface area contributed by atoms with Crippen LogP contribution in [0.5, 0.6) is 0 Å². The first-order valence-corrected chi connectivity index (χ1v) is 7.62. The summed E-state index contributed by atoms with van der Waals surface area (Å²) in [4.78, 5) is 18.0. The first-order valence-electron chi connectivity index (χ1n) is 7.62. The number of imidazole rings is 1. The molecular formula is C14H18N8O. The normalized spacial score (nSPS) is 31.7. The minimum atomic E-state index is -0.259. The first-order chi connectivity index (χ1) is 11.1. The molecular weight excluding hydrogens is 296 g/mol. The van der Waals surface area contributed by atoms with E-state index >= 15 is 0 Å². The number of aliphatic hydroxyl groups excluding tert-OH is 1. The molecule has 0 aliphatic heterocycles. The van der Waals surface area contributed by atoms with Crippen molar-refractivity contribution in [2.75, 3.05) is 25.6 Å². The van der Waals surface area contributed by atoms with Crippen molar-refractivity contribution in [3.05, 3.63) is 23.1 Å². The molecule has 2 aliphatic rings. The summed E-state index contributed by atoms with van der Waals surface area (Å²) >= 11 is 0. The highest BCUT2D eigenvalue weighted by molar-refractivity contribution is 5.83. The number of aliphatic hydroxyl groups is 1. The van der Waals surface area contributed by atoms with Crippen LogP contribution in [0.3, 0.4) is 0 Å². The topological polar surface area (TPSA) is 116 Å². The second kappa shape index (κ2) is 4.81. The predicted octanol–water partition coefficient (Wildman–Crippen LogP) is 1.51. The largest absolute Gasteiger partial charge is 0.396 e. The standard InChI is InChI=1S/C14H18N8O/c1-21(2)12-11-13(17-6-16-12)22(7-18-11)9-3-10(19-20-15)14(5-23)4-8(9)14/h6-10,23H,3-5H2,1-2H3/t8-,9+,10+,14+/m1/s1. The van der Waals surface area contributed by atoms with Crippen molar-refractivity contribution in [2.45, 2.75) is 24.9 Å². The number of rotatable bonds is 4. The number of nitrogens with zero attached hydrogens (tertiary/aromatic N) is 8. The van der Waals surface area contributed by atoms with Crippen LogP contribution in [-0.4, -0.2) is 51.4 Å². The molecule has 0 radical (unpaired) electrons. The van der Waals surface area contributed by atoms with Gasteiger partial charge in [0, 0.05) is 43.1 Å². The fourth-order valence-corrected chi connectivity index (χ4v) is 4.11. The second-order valence-electron chi connectivity index (χ2n) is 6.64. The number of aromatic nitrogens is 4. The Bertz CT molecular complexity index is 810. The molecule has 0 aromatic carbocycles. The highest BCUT2D eigenvalue weighted by Crippen LogP contribution is 2.68. The van der Waals surface area contributed by atoms with Gasteiger partial charge in [-0.25, -0.2) is 15.0 Å². The summed E-state index contributed by atoms with van der Waals surface area (Å²) in [6.07, 6.45) is 4.92. The molecule has 2 heterocycles. The van der Waals surface area contributed by atoms with Crippen molar-refractivity contribution in [3.8, 4) is 0 Å². The van der Waals surface area contributed by atoms with E-state index in [0.29, 0.717) is 12.3 Å². The zero-order chi connectivity index (χ0) is 16.2. The average molecular weight is 314 g/mol. The summed E-state index contributed by atoms with van der Waals surface area (Å²) in [6, 6.07) is -0.0207. The molecule has 2 saturated carbocycles. The van der Waals surface area contributed by atoms with E-state index in [1.165, 1.54) is 0 Å². The van der Waals surface area contributed by atoms with Gasteiger partial charge in [-0.15, -0.1) is 0 Å². The van der Waals surface area contributed by atoms with Crippen LogP contribution in [0, 0.1) is 11.3 Å². The van der Waals surface area contributed by atoms with Crippen LogP contribution in [0.1, 0.15) is 18.9 Å². The summed E-state index contributed by atoms with van der Waals surface area (Å²) in [6.45, 7) is 0.0580. The molecule has 2 fully saturated rings. The first kappa shape index (κ1) is 14.2. The maximum absolute atomic E-state index is 9.77. The van der Waals surface area contributed by atoms with Crippen LogP contribution in [0.2, 0.25) is 0 Å². The Morgan fingerprint density at radius 3 is 3.00 bits per heavy atom. The van der Waals surface area contributed by atoms with Gasteiger partial charge in [-0.2, -0.15) is 0 Å². The third-order valence-electron chi connectivity index (χ3n) is 5.38. The predicted molar refractivity (Wildman–Crippen MR) is 83.9 cm³/mol. The highest BCUT2D eigenvalue weighted by Gasteiger charge is 2.67. The molecule has 9 nitrogen and oxygen atoms in total. The molecule has 0 unspecified atom stereocenters. The molecule has 2 aromatic rings. The molecule has 0 amide bonds. The van der Waals surface area contributed by atoms with Gasteiger partial charge in [0.1, 0.15) is 6.33 Å².